The summed E-state index contributed by atoms with van der Waals surface area (Å²) in [6.07, 6.45) is 3.26. The van der Waals surface area contributed by atoms with Crippen LogP contribution in [0.15, 0.2) is 30.5 Å². The number of hydrogen-bond acceptors (Lipinski definition) is 6. The molecule has 1 N–H and O–H groups in total. The number of nitrogens with zero attached hydrogens (tertiary/aromatic N) is 5. The van der Waals surface area contributed by atoms with E-state index in [4.69, 9.17) is 4.98 Å². The number of aryl methyl sites for hydroxylation is 2. The van der Waals surface area contributed by atoms with Gasteiger partial charge < -0.3 is 15.1 Å². The van der Waals surface area contributed by atoms with Crippen LogP contribution in [0.25, 0.3) is 10.8 Å². The van der Waals surface area contributed by atoms with Crippen LogP contribution in [0.5, 0.6) is 0 Å². The van der Waals surface area contributed by atoms with E-state index in [-0.39, 0.29) is 6.04 Å². The van der Waals surface area contributed by atoms with Crippen LogP contribution in [0.4, 0.5) is 11.6 Å². The fourth-order valence-corrected chi connectivity index (χ4v) is 5.31. The lowest BCUT2D eigenvalue weighted by molar-refractivity contribution is 0.216. The van der Waals surface area contributed by atoms with Gasteiger partial charge in [0.2, 0.25) is 0 Å². The van der Waals surface area contributed by atoms with Crippen LogP contribution in [0, 0.1) is 26.2 Å². The molecule has 2 aliphatic rings. The molecule has 6 heteroatoms. The monoisotopic (exact) mass is 416 g/mol. The number of pyridine rings is 1. The number of fused-ring (bicyclic) bond motifs is 1. The normalized spacial score (nSPS) is 19.1. The average Bonchev–Trinajstić information content (AvgIpc) is 3.13. The van der Waals surface area contributed by atoms with E-state index in [0.717, 1.165) is 41.2 Å². The first kappa shape index (κ1) is 20.2. The Balaban J connectivity index is 1.44. The Morgan fingerprint density at radius 3 is 2.61 bits per heavy atom. The number of rotatable bonds is 4. The van der Waals surface area contributed by atoms with Gasteiger partial charge in [0.05, 0.1) is 11.7 Å². The third kappa shape index (κ3) is 3.53. The molecular weight excluding hydrogens is 384 g/mol. The van der Waals surface area contributed by atoms with Crippen LogP contribution in [0.3, 0.4) is 0 Å². The molecule has 0 bridgehead atoms. The van der Waals surface area contributed by atoms with Crippen molar-refractivity contribution < 1.29 is 0 Å². The summed E-state index contributed by atoms with van der Waals surface area (Å²) in [5.74, 6) is 1.87. The molecule has 1 spiro atoms. The lowest BCUT2D eigenvalue weighted by Gasteiger charge is -2.48. The van der Waals surface area contributed by atoms with Crippen molar-refractivity contribution in [3.63, 3.8) is 0 Å². The molecule has 0 aliphatic carbocycles. The second kappa shape index (κ2) is 7.45. The Kier molecular flexibility index (Phi) is 4.85. The molecule has 1 atom stereocenters. The van der Waals surface area contributed by atoms with Gasteiger partial charge in [-0.15, -0.1) is 5.10 Å². The van der Waals surface area contributed by atoms with E-state index in [1.54, 1.807) is 0 Å². The molecule has 1 aromatic carbocycles. The molecule has 2 fully saturated rings. The topological polar surface area (TPSA) is 57.2 Å². The van der Waals surface area contributed by atoms with Gasteiger partial charge in [0.1, 0.15) is 5.82 Å². The Morgan fingerprint density at radius 1 is 1.06 bits per heavy atom. The van der Waals surface area contributed by atoms with E-state index < -0.39 is 0 Å². The van der Waals surface area contributed by atoms with Crippen LogP contribution in [0.1, 0.15) is 41.8 Å². The quantitative estimate of drug-likeness (QED) is 0.686. The molecular formula is C25H32N6. The van der Waals surface area contributed by atoms with Crippen LogP contribution >= 0.6 is 0 Å². The number of benzene rings is 1. The van der Waals surface area contributed by atoms with Crippen molar-refractivity contribution in [1.82, 2.24) is 20.1 Å². The van der Waals surface area contributed by atoms with E-state index >= 15 is 0 Å². The van der Waals surface area contributed by atoms with Crippen LogP contribution in [-0.2, 0) is 0 Å². The lowest BCUT2D eigenvalue weighted by Crippen LogP contribution is -2.57. The molecule has 0 radical (unpaired) electrons. The summed E-state index contributed by atoms with van der Waals surface area (Å²) >= 11 is 0. The second-order valence-corrected chi connectivity index (χ2v) is 9.72. The van der Waals surface area contributed by atoms with Crippen LogP contribution < -0.4 is 10.2 Å². The number of nitrogens with one attached hydrogen (secondary N) is 1. The van der Waals surface area contributed by atoms with Gasteiger partial charge in [0.15, 0.2) is 5.82 Å². The van der Waals surface area contributed by atoms with Crippen molar-refractivity contribution >= 4 is 22.4 Å². The van der Waals surface area contributed by atoms with Crippen molar-refractivity contribution in [2.24, 2.45) is 5.41 Å². The SMILES string of the molecule is Cc1cccc([C@@H](C)Nc2nnc(C)c3cnc(N4CC5(CCN(C)C5)C4)cc23)c1C. The summed E-state index contributed by atoms with van der Waals surface area (Å²) in [6, 6.07) is 8.80. The zero-order valence-corrected chi connectivity index (χ0v) is 19.2. The fourth-order valence-electron chi connectivity index (χ4n) is 5.31. The van der Waals surface area contributed by atoms with Crippen LogP contribution in [-0.4, -0.2) is 53.3 Å². The number of anilines is 2. The molecule has 2 aliphatic heterocycles. The van der Waals surface area contributed by atoms with Crippen LogP contribution in [0.2, 0.25) is 0 Å². The largest absolute Gasteiger partial charge is 0.362 e. The third-order valence-electron chi connectivity index (χ3n) is 7.31. The van der Waals surface area contributed by atoms with Gasteiger partial charge in [0, 0.05) is 42.0 Å². The van der Waals surface area contributed by atoms with E-state index in [1.165, 1.54) is 36.2 Å². The molecule has 2 saturated heterocycles. The van der Waals surface area contributed by atoms with Gasteiger partial charge in [-0.05, 0) is 70.5 Å². The molecule has 2 aromatic heterocycles. The molecule has 162 valence electrons. The zero-order valence-electron chi connectivity index (χ0n) is 19.2. The molecule has 4 heterocycles. The molecule has 0 unspecified atom stereocenters. The van der Waals surface area contributed by atoms with Crippen molar-refractivity contribution in [3.05, 3.63) is 52.8 Å². The second-order valence-electron chi connectivity index (χ2n) is 9.72. The Labute approximate surface area is 184 Å². The highest BCUT2D eigenvalue weighted by Crippen LogP contribution is 2.41. The third-order valence-corrected chi connectivity index (χ3v) is 7.31. The summed E-state index contributed by atoms with van der Waals surface area (Å²) in [5, 5.41) is 14.7. The smallest absolute Gasteiger partial charge is 0.157 e. The first-order chi connectivity index (χ1) is 14.8. The zero-order chi connectivity index (χ0) is 21.8. The maximum absolute atomic E-state index is 4.78. The minimum Gasteiger partial charge on any atom is -0.362 e. The predicted octanol–water partition coefficient (Wildman–Crippen LogP) is 4.27. The Bertz CT molecular complexity index is 1130. The summed E-state index contributed by atoms with van der Waals surface area (Å²) in [4.78, 5) is 9.64. The van der Waals surface area contributed by atoms with Gasteiger partial charge in [-0.3, -0.25) is 0 Å². The summed E-state index contributed by atoms with van der Waals surface area (Å²) in [5.41, 5.74) is 5.29. The highest BCUT2D eigenvalue weighted by atomic mass is 15.3. The highest BCUT2D eigenvalue weighted by molar-refractivity contribution is 5.94. The lowest BCUT2D eigenvalue weighted by atomic mass is 9.79. The Morgan fingerprint density at radius 2 is 1.87 bits per heavy atom. The van der Waals surface area contributed by atoms with Gasteiger partial charge in [-0.2, -0.15) is 5.10 Å². The molecule has 3 aromatic rings. The number of likely N-dealkylation sites (tertiary alicyclic amines) is 1. The minimum absolute atomic E-state index is 0.137. The maximum Gasteiger partial charge on any atom is 0.157 e. The van der Waals surface area contributed by atoms with Crippen molar-refractivity contribution in [1.29, 1.82) is 0 Å². The maximum atomic E-state index is 4.78. The molecule has 31 heavy (non-hydrogen) atoms. The summed E-state index contributed by atoms with van der Waals surface area (Å²) < 4.78 is 0. The van der Waals surface area contributed by atoms with E-state index in [0.29, 0.717) is 5.41 Å². The average molecular weight is 417 g/mol. The van der Waals surface area contributed by atoms with E-state index in [9.17, 15) is 0 Å². The molecule has 0 amide bonds. The first-order valence-corrected chi connectivity index (χ1v) is 11.2. The molecule has 5 rings (SSSR count). The van der Waals surface area contributed by atoms with E-state index in [2.05, 4.69) is 77.4 Å². The highest BCUT2D eigenvalue weighted by Gasteiger charge is 2.47. The van der Waals surface area contributed by atoms with Gasteiger partial charge >= 0.3 is 0 Å². The standard InChI is InChI=1S/C25H32N6/c1-16-7-6-8-20(17(16)2)18(3)27-24-21-11-23(26-12-22(21)19(4)28-29-24)31-14-25(15-31)9-10-30(5)13-25/h6-8,11-12,18H,9-10,13-15H2,1-5H3,(H,27,29)/t18-/m1/s1. The Hall–Kier alpha value is -2.73. The van der Waals surface area contributed by atoms with Crippen molar-refractivity contribution in [2.75, 3.05) is 43.4 Å². The fraction of sp³-hybridized carbons (Fsp3) is 0.480. The van der Waals surface area contributed by atoms with Gasteiger partial charge in [0.25, 0.3) is 0 Å². The van der Waals surface area contributed by atoms with Gasteiger partial charge in [-0.25, -0.2) is 4.98 Å². The molecule has 0 saturated carbocycles. The number of hydrogen-bond donors (Lipinski definition) is 1. The van der Waals surface area contributed by atoms with E-state index in [1.807, 2.05) is 13.1 Å². The predicted molar refractivity (Wildman–Crippen MR) is 127 cm³/mol. The first-order valence-electron chi connectivity index (χ1n) is 11.2. The van der Waals surface area contributed by atoms with Crippen molar-refractivity contribution in [3.8, 4) is 0 Å². The minimum atomic E-state index is 0.137. The summed E-state index contributed by atoms with van der Waals surface area (Å²) in [6.45, 7) is 13.1. The number of aromatic nitrogens is 3. The van der Waals surface area contributed by atoms with Gasteiger partial charge in [-0.1, -0.05) is 18.2 Å². The van der Waals surface area contributed by atoms with Crippen molar-refractivity contribution in [2.45, 2.75) is 40.2 Å². The summed E-state index contributed by atoms with van der Waals surface area (Å²) in [7, 11) is 2.22. The molecule has 6 nitrogen and oxygen atoms in total.